The maximum Gasteiger partial charge on any atom is 0.251 e. The Morgan fingerprint density at radius 3 is 2.58 bits per heavy atom. The normalized spacial score (nSPS) is 10.7. The Bertz CT molecular complexity index is 946. The largest absolute Gasteiger partial charge is 0.490 e. The summed E-state index contributed by atoms with van der Waals surface area (Å²) >= 11 is 1.54. The lowest BCUT2D eigenvalue weighted by Gasteiger charge is -2.11. The maximum absolute atomic E-state index is 12.0. The minimum Gasteiger partial charge on any atom is -0.490 e. The van der Waals surface area contributed by atoms with E-state index in [1.54, 1.807) is 22.0 Å². The lowest BCUT2D eigenvalue weighted by Crippen LogP contribution is -2.19. The number of thiazole rings is 1. The Morgan fingerprint density at radius 2 is 1.85 bits per heavy atom. The zero-order valence-electron chi connectivity index (χ0n) is 15.2. The summed E-state index contributed by atoms with van der Waals surface area (Å²) < 4.78 is 13.0. The predicted octanol–water partition coefficient (Wildman–Crippen LogP) is 4.13. The van der Waals surface area contributed by atoms with Gasteiger partial charge >= 0.3 is 0 Å². The Kier molecular flexibility index (Phi) is 5.73. The number of aromatic nitrogens is 2. The van der Waals surface area contributed by atoms with Crippen molar-refractivity contribution in [3.05, 3.63) is 62.8 Å². The summed E-state index contributed by atoms with van der Waals surface area (Å²) in [5.41, 5.74) is 2.79. The summed E-state index contributed by atoms with van der Waals surface area (Å²) in [5, 5.41) is 2.89. The Labute approximate surface area is 156 Å². The molecule has 0 spiro atoms. The average Bonchev–Trinajstić information content (AvgIpc) is 3.08. The van der Waals surface area contributed by atoms with E-state index in [4.69, 9.17) is 9.47 Å². The number of rotatable bonds is 7. The molecule has 1 aromatic carbocycles. The molecule has 5 nitrogen and oxygen atoms in total. The van der Waals surface area contributed by atoms with E-state index in [1.165, 1.54) is 0 Å². The molecule has 2 aromatic heterocycles. The van der Waals surface area contributed by atoms with Crippen LogP contribution in [0.25, 0.3) is 11.3 Å². The highest BCUT2D eigenvalue weighted by molar-refractivity contribution is 7.09. The van der Waals surface area contributed by atoms with Gasteiger partial charge in [0, 0.05) is 23.2 Å². The molecule has 0 radical (unpaired) electrons. The van der Waals surface area contributed by atoms with Gasteiger partial charge in [0.05, 0.1) is 25.5 Å². The standard InChI is InChI=1S/C20H22N2O3S/c1-4-24-17-7-6-15(11-18(17)25-5-2)16-13-26-19(21-16)12-22-9-8-14(3)10-20(22)23/h6-11,13H,4-5,12H2,1-3H3. The highest BCUT2D eigenvalue weighted by atomic mass is 32.1. The second-order valence-electron chi connectivity index (χ2n) is 5.82. The Balaban J connectivity index is 1.85. The number of nitrogens with zero attached hydrogens (tertiary/aromatic N) is 2. The number of hydrogen-bond acceptors (Lipinski definition) is 5. The molecule has 0 saturated heterocycles. The zero-order chi connectivity index (χ0) is 18.5. The molecule has 0 unspecified atom stereocenters. The fraction of sp³-hybridized carbons (Fsp3) is 0.300. The molecular weight excluding hydrogens is 348 g/mol. The SMILES string of the molecule is CCOc1ccc(-c2csc(Cn3ccc(C)cc3=O)n2)cc1OCC. The van der Waals surface area contributed by atoms with E-state index in [0.717, 1.165) is 33.3 Å². The van der Waals surface area contributed by atoms with Crippen molar-refractivity contribution in [2.45, 2.75) is 27.3 Å². The van der Waals surface area contributed by atoms with Crippen LogP contribution in [0, 0.1) is 6.92 Å². The van der Waals surface area contributed by atoms with Gasteiger partial charge in [-0.1, -0.05) is 0 Å². The van der Waals surface area contributed by atoms with Crippen LogP contribution in [-0.2, 0) is 6.54 Å². The van der Waals surface area contributed by atoms with Crippen molar-refractivity contribution in [1.29, 1.82) is 0 Å². The highest BCUT2D eigenvalue weighted by Crippen LogP contribution is 2.33. The molecule has 0 saturated carbocycles. The van der Waals surface area contributed by atoms with E-state index in [-0.39, 0.29) is 5.56 Å². The molecule has 136 valence electrons. The molecule has 0 aliphatic carbocycles. The minimum absolute atomic E-state index is 0.0125. The van der Waals surface area contributed by atoms with Crippen LogP contribution >= 0.6 is 11.3 Å². The molecule has 26 heavy (non-hydrogen) atoms. The predicted molar refractivity (Wildman–Crippen MR) is 104 cm³/mol. The average molecular weight is 370 g/mol. The summed E-state index contributed by atoms with van der Waals surface area (Å²) in [6, 6.07) is 9.40. The van der Waals surface area contributed by atoms with Crippen molar-refractivity contribution in [3.63, 3.8) is 0 Å². The molecule has 0 fully saturated rings. The van der Waals surface area contributed by atoms with E-state index < -0.39 is 0 Å². The van der Waals surface area contributed by atoms with Gasteiger partial charge in [0.25, 0.3) is 5.56 Å². The molecule has 0 aliphatic heterocycles. The Morgan fingerprint density at radius 1 is 1.08 bits per heavy atom. The smallest absolute Gasteiger partial charge is 0.251 e. The first-order valence-corrected chi connectivity index (χ1v) is 9.50. The van der Waals surface area contributed by atoms with Crippen LogP contribution in [0.5, 0.6) is 11.5 Å². The van der Waals surface area contributed by atoms with E-state index in [9.17, 15) is 4.79 Å². The summed E-state index contributed by atoms with van der Waals surface area (Å²) in [7, 11) is 0. The van der Waals surface area contributed by atoms with E-state index in [2.05, 4.69) is 4.98 Å². The van der Waals surface area contributed by atoms with Gasteiger partial charge < -0.3 is 14.0 Å². The zero-order valence-corrected chi connectivity index (χ0v) is 16.0. The van der Waals surface area contributed by atoms with Gasteiger partial charge in [-0.05, 0) is 50.6 Å². The van der Waals surface area contributed by atoms with Gasteiger partial charge in [-0.3, -0.25) is 4.79 Å². The molecule has 0 bridgehead atoms. The topological polar surface area (TPSA) is 53.4 Å². The summed E-state index contributed by atoms with van der Waals surface area (Å²) in [5.74, 6) is 1.45. The Hall–Kier alpha value is -2.60. The monoisotopic (exact) mass is 370 g/mol. The van der Waals surface area contributed by atoms with Gasteiger partial charge in [0.15, 0.2) is 11.5 Å². The van der Waals surface area contributed by atoms with E-state index >= 15 is 0 Å². The molecule has 3 aromatic rings. The number of benzene rings is 1. The first-order chi connectivity index (χ1) is 12.6. The van der Waals surface area contributed by atoms with Crippen LogP contribution in [-0.4, -0.2) is 22.8 Å². The van der Waals surface area contributed by atoms with E-state index in [1.807, 2.05) is 56.6 Å². The fourth-order valence-corrected chi connectivity index (χ4v) is 3.41. The molecule has 3 rings (SSSR count). The molecular formula is C20H22N2O3S. The molecule has 6 heteroatoms. The molecule has 0 atom stereocenters. The van der Waals surface area contributed by atoms with Gasteiger partial charge in [-0.15, -0.1) is 11.3 Å². The number of pyridine rings is 1. The maximum atomic E-state index is 12.0. The van der Waals surface area contributed by atoms with Crippen LogP contribution in [0.4, 0.5) is 0 Å². The summed E-state index contributed by atoms with van der Waals surface area (Å²) in [6.45, 7) is 7.44. The van der Waals surface area contributed by atoms with Crippen molar-refractivity contribution < 1.29 is 9.47 Å². The third-order valence-corrected chi connectivity index (χ3v) is 4.68. The number of aryl methyl sites for hydroxylation is 1. The van der Waals surface area contributed by atoms with Crippen molar-refractivity contribution >= 4 is 11.3 Å². The van der Waals surface area contributed by atoms with Gasteiger partial charge in [-0.25, -0.2) is 4.98 Å². The number of hydrogen-bond donors (Lipinski definition) is 0. The number of ether oxygens (including phenoxy) is 2. The minimum atomic E-state index is -0.0125. The third kappa shape index (κ3) is 4.14. The third-order valence-electron chi connectivity index (χ3n) is 3.85. The van der Waals surface area contributed by atoms with Crippen LogP contribution < -0.4 is 15.0 Å². The van der Waals surface area contributed by atoms with Crippen LogP contribution in [0.2, 0.25) is 0 Å². The first kappa shape index (κ1) is 18.2. The van der Waals surface area contributed by atoms with Crippen molar-refractivity contribution in [3.8, 4) is 22.8 Å². The lowest BCUT2D eigenvalue weighted by molar-refractivity contribution is 0.288. The molecule has 2 heterocycles. The molecule has 0 aliphatic rings. The van der Waals surface area contributed by atoms with Crippen LogP contribution in [0.15, 0.2) is 46.7 Å². The van der Waals surface area contributed by atoms with Crippen LogP contribution in [0.1, 0.15) is 24.4 Å². The molecule has 0 N–H and O–H groups in total. The summed E-state index contributed by atoms with van der Waals surface area (Å²) in [4.78, 5) is 16.7. The first-order valence-electron chi connectivity index (χ1n) is 8.62. The van der Waals surface area contributed by atoms with E-state index in [0.29, 0.717) is 19.8 Å². The van der Waals surface area contributed by atoms with Gasteiger partial charge in [0.1, 0.15) is 5.01 Å². The van der Waals surface area contributed by atoms with Crippen molar-refractivity contribution in [2.24, 2.45) is 0 Å². The second-order valence-corrected chi connectivity index (χ2v) is 6.77. The lowest BCUT2D eigenvalue weighted by atomic mass is 10.1. The van der Waals surface area contributed by atoms with Crippen molar-refractivity contribution in [1.82, 2.24) is 9.55 Å². The quantitative estimate of drug-likeness (QED) is 0.628. The fourth-order valence-electron chi connectivity index (χ4n) is 2.61. The van der Waals surface area contributed by atoms with Gasteiger partial charge in [0.2, 0.25) is 0 Å². The molecule has 0 amide bonds. The van der Waals surface area contributed by atoms with Crippen molar-refractivity contribution in [2.75, 3.05) is 13.2 Å². The van der Waals surface area contributed by atoms with Gasteiger partial charge in [-0.2, -0.15) is 0 Å². The highest BCUT2D eigenvalue weighted by Gasteiger charge is 2.11. The van der Waals surface area contributed by atoms with Crippen LogP contribution in [0.3, 0.4) is 0 Å². The second kappa shape index (κ2) is 8.19. The summed E-state index contributed by atoms with van der Waals surface area (Å²) in [6.07, 6.45) is 1.81.